The fraction of sp³-hybridized carbons (Fsp3) is 0.333. The molecule has 0 radical (unpaired) electrons. The third-order valence-corrected chi connectivity index (χ3v) is 4.66. The van der Waals surface area contributed by atoms with Gasteiger partial charge in [0.1, 0.15) is 11.6 Å². The molecule has 3 rings (SSSR count). The molecular formula is C18H20BrFN2O. The first kappa shape index (κ1) is 16.4. The number of nitrogens with zero attached hydrogens (tertiary/aromatic N) is 1. The van der Waals surface area contributed by atoms with Gasteiger partial charge in [-0.2, -0.15) is 0 Å². The molecule has 1 heterocycles. The van der Waals surface area contributed by atoms with Gasteiger partial charge in [0.2, 0.25) is 0 Å². The van der Waals surface area contributed by atoms with Crippen molar-refractivity contribution in [2.75, 3.05) is 33.3 Å². The molecular weight excluding hydrogens is 359 g/mol. The quantitative estimate of drug-likeness (QED) is 0.879. The number of piperazine rings is 1. The van der Waals surface area contributed by atoms with Crippen LogP contribution in [0.5, 0.6) is 5.75 Å². The van der Waals surface area contributed by atoms with Crippen molar-refractivity contribution in [1.82, 2.24) is 10.2 Å². The van der Waals surface area contributed by atoms with E-state index in [2.05, 4.69) is 32.2 Å². The second kappa shape index (κ2) is 7.43. The van der Waals surface area contributed by atoms with Crippen LogP contribution in [-0.2, 0) is 0 Å². The Balaban J connectivity index is 2.09. The number of hydrogen-bond donors (Lipinski definition) is 1. The van der Waals surface area contributed by atoms with E-state index in [-0.39, 0.29) is 11.9 Å². The monoisotopic (exact) mass is 378 g/mol. The van der Waals surface area contributed by atoms with Gasteiger partial charge < -0.3 is 10.1 Å². The van der Waals surface area contributed by atoms with E-state index in [0.29, 0.717) is 0 Å². The number of methoxy groups -OCH3 is 1. The third-order valence-electron chi connectivity index (χ3n) is 4.17. The van der Waals surface area contributed by atoms with Gasteiger partial charge in [0.15, 0.2) is 0 Å². The Morgan fingerprint density at radius 1 is 1.17 bits per heavy atom. The predicted molar refractivity (Wildman–Crippen MR) is 93.4 cm³/mol. The highest BCUT2D eigenvalue weighted by Gasteiger charge is 2.27. The standard InChI is InChI=1S/C18H20BrFN2O/c1-23-17-6-5-14(19)12-16(17)18(22-9-7-21-8-10-22)13-3-2-4-15(20)11-13/h2-6,11-12,18,21H,7-10H2,1H3. The first-order chi connectivity index (χ1) is 11.2. The second-order valence-electron chi connectivity index (χ2n) is 5.63. The second-order valence-corrected chi connectivity index (χ2v) is 6.55. The predicted octanol–water partition coefficient (Wildman–Crippen LogP) is 3.59. The van der Waals surface area contributed by atoms with Crippen LogP contribution in [-0.4, -0.2) is 38.2 Å². The molecule has 2 aromatic rings. The molecule has 0 aliphatic carbocycles. The maximum Gasteiger partial charge on any atom is 0.124 e. The zero-order valence-corrected chi connectivity index (χ0v) is 14.6. The molecule has 0 aromatic heterocycles. The van der Waals surface area contributed by atoms with E-state index in [1.165, 1.54) is 6.07 Å². The topological polar surface area (TPSA) is 24.5 Å². The molecule has 1 atom stereocenters. The molecule has 122 valence electrons. The van der Waals surface area contributed by atoms with Crippen molar-refractivity contribution in [2.24, 2.45) is 0 Å². The SMILES string of the molecule is COc1ccc(Br)cc1C(c1cccc(F)c1)N1CCNCC1. The van der Waals surface area contributed by atoms with Gasteiger partial charge in [-0.25, -0.2) is 4.39 Å². The molecule has 1 unspecified atom stereocenters. The molecule has 1 aliphatic rings. The van der Waals surface area contributed by atoms with Crippen molar-refractivity contribution in [2.45, 2.75) is 6.04 Å². The Bertz CT molecular complexity index is 674. The largest absolute Gasteiger partial charge is 0.496 e. The van der Waals surface area contributed by atoms with E-state index in [4.69, 9.17) is 4.74 Å². The van der Waals surface area contributed by atoms with Crippen LogP contribution in [0, 0.1) is 5.82 Å². The number of nitrogens with one attached hydrogen (secondary N) is 1. The summed E-state index contributed by atoms with van der Waals surface area (Å²) in [6.45, 7) is 3.69. The minimum Gasteiger partial charge on any atom is -0.496 e. The van der Waals surface area contributed by atoms with Crippen molar-refractivity contribution >= 4 is 15.9 Å². The fourth-order valence-electron chi connectivity index (χ4n) is 3.12. The molecule has 1 aliphatic heterocycles. The summed E-state index contributed by atoms with van der Waals surface area (Å²) in [6, 6.07) is 12.8. The average molecular weight is 379 g/mol. The molecule has 1 saturated heterocycles. The van der Waals surface area contributed by atoms with Gasteiger partial charge >= 0.3 is 0 Å². The van der Waals surface area contributed by atoms with Crippen molar-refractivity contribution < 1.29 is 9.13 Å². The van der Waals surface area contributed by atoms with Crippen LogP contribution in [0.4, 0.5) is 4.39 Å². The van der Waals surface area contributed by atoms with Crippen LogP contribution in [0.25, 0.3) is 0 Å². The minimum absolute atomic E-state index is 0.0275. The number of hydrogen-bond acceptors (Lipinski definition) is 3. The molecule has 23 heavy (non-hydrogen) atoms. The maximum absolute atomic E-state index is 13.8. The van der Waals surface area contributed by atoms with Gasteiger partial charge in [-0.3, -0.25) is 4.90 Å². The normalized spacial score (nSPS) is 17.0. The highest BCUT2D eigenvalue weighted by molar-refractivity contribution is 9.10. The fourth-order valence-corrected chi connectivity index (χ4v) is 3.50. The highest BCUT2D eigenvalue weighted by atomic mass is 79.9. The minimum atomic E-state index is -0.211. The Hall–Kier alpha value is -1.43. The summed E-state index contributed by atoms with van der Waals surface area (Å²) < 4.78 is 20.4. The van der Waals surface area contributed by atoms with E-state index < -0.39 is 0 Å². The summed E-state index contributed by atoms with van der Waals surface area (Å²) in [6.07, 6.45) is 0. The van der Waals surface area contributed by atoms with E-state index in [1.807, 2.05) is 18.2 Å². The van der Waals surface area contributed by atoms with Crippen molar-refractivity contribution in [3.8, 4) is 5.75 Å². The number of ether oxygens (including phenoxy) is 1. The summed E-state index contributed by atoms with van der Waals surface area (Å²) >= 11 is 3.54. The lowest BCUT2D eigenvalue weighted by Gasteiger charge is -2.36. The lowest BCUT2D eigenvalue weighted by Crippen LogP contribution is -2.45. The average Bonchev–Trinajstić information content (AvgIpc) is 2.56. The third kappa shape index (κ3) is 3.74. The molecule has 0 saturated carbocycles. The van der Waals surface area contributed by atoms with Crippen LogP contribution in [0.1, 0.15) is 17.2 Å². The van der Waals surface area contributed by atoms with Gasteiger partial charge in [0.05, 0.1) is 13.2 Å². The van der Waals surface area contributed by atoms with Crippen molar-refractivity contribution in [1.29, 1.82) is 0 Å². The zero-order valence-electron chi connectivity index (χ0n) is 13.1. The van der Waals surface area contributed by atoms with Crippen molar-refractivity contribution in [3.63, 3.8) is 0 Å². The molecule has 3 nitrogen and oxygen atoms in total. The van der Waals surface area contributed by atoms with Gasteiger partial charge in [0, 0.05) is 36.2 Å². The molecule has 5 heteroatoms. The lowest BCUT2D eigenvalue weighted by atomic mass is 9.95. The first-order valence-corrected chi connectivity index (χ1v) is 8.52. The summed E-state index contributed by atoms with van der Waals surface area (Å²) in [7, 11) is 1.67. The smallest absolute Gasteiger partial charge is 0.124 e. The lowest BCUT2D eigenvalue weighted by molar-refractivity contribution is 0.195. The number of rotatable bonds is 4. The summed E-state index contributed by atoms with van der Waals surface area (Å²) in [5, 5.41) is 3.37. The van der Waals surface area contributed by atoms with Gasteiger partial charge in [-0.05, 0) is 35.9 Å². The molecule has 1 N–H and O–H groups in total. The van der Waals surface area contributed by atoms with Crippen molar-refractivity contribution in [3.05, 3.63) is 63.9 Å². The molecule has 0 bridgehead atoms. The molecule has 1 fully saturated rings. The Kier molecular flexibility index (Phi) is 5.30. The summed E-state index contributed by atoms with van der Waals surface area (Å²) in [5.74, 6) is 0.609. The van der Waals surface area contributed by atoms with Crippen LogP contribution < -0.4 is 10.1 Å². The van der Waals surface area contributed by atoms with E-state index in [1.54, 1.807) is 19.2 Å². The molecule has 0 amide bonds. The first-order valence-electron chi connectivity index (χ1n) is 7.72. The van der Waals surface area contributed by atoms with Crippen LogP contribution >= 0.6 is 15.9 Å². The van der Waals surface area contributed by atoms with Crippen LogP contribution in [0.2, 0.25) is 0 Å². The van der Waals surface area contributed by atoms with Gasteiger partial charge in [-0.15, -0.1) is 0 Å². The Labute approximate surface area is 144 Å². The molecule has 2 aromatic carbocycles. The van der Waals surface area contributed by atoms with Crippen LogP contribution in [0.3, 0.4) is 0 Å². The van der Waals surface area contributed by atoms with E-state index >= 15 is 0 Å². The molecule has 0 spiro atoms. The van der Waals surface area contributed by atoms with Crippen LogP contribution in [0.15, 0.2) is 46.9 Å². The van der Waals surface area contributed by atoms with Gasteiger partial charge in [-0.1, -0.05) is 28.1 Å². The zero-order chi connectivity index (χ0) is 16.2. The Morgan fingerprint density at radius 2 is 1.96 bits per heavy atom. The van der Waals surface area contributed by atoms with Gasteiger partial charge in [0.25, 0.3) is 0 Å². The number of benzene rings is 2. The summed E-state index contributed by atoms with van der Waals surface area (Å²) in [5.41, 5.74) is 2.00. The maximum atomic E-state index is 13.8. The number of halogens is 2. The van der Waals surface area contributed by atoms with E-state index in [9.17, 15) is 4.39 Å². The Morgan fingerprint density at radius 3 is 2.65 bits per heavy atom. The van der Waals surface area contributed by atoms with E-state index in [0.717, 1.165) is 47.5 Å². The summed E-state index contributed by atoms with van der Waals surface area (Å²) in [4.78, 5) is 2.37. The highest BCUT2D eigenvalue weighted by Crippen LogP contribution is 2.36.